The molecular weight excluding hydrogens is 358 g/mol. The van der Waals surface area contributed by atoms with Crippen molar-refractivity contribution in [1.82, 2.24) is 19.7 Å². The summed E-state index contributed by atoms with van der Waals surface area (Å²) in [5.74, 6) is 1.21. The van der Waals surface area contributed by atoms with Gasteiger partial charge in [-0.3, -0.25) is 4.99 Å². The molecule has 2 saturated heterocycles. The fourth-order valence-corrected chi connectivity index (χ4v) is 4.56. The van der Waals surface area contributed by atoms with E-state index in [1.807, 2.05) is 6.92 Å². The second-order valence-corrected chi connectivity index (χ2v) is 8.53. The lowest BCUT2D eigenvalue weighted by Gasteiger charge is -2.35. The normalized spacial score (nSPS) is 22.7. The lowest BCUT2D eigenvalue weighted by molar-refractivity contribution is 0.187. The third kappa shape index (κ3) is 4.95. The SMILES string of the molecule is CCNC(=NCC1CCOC1)N1CCN(S(=O)(=O)Cc2ccon2)CC1. The quantitative estimate of drug-likeness (QED) is 0.548. The minimum absolute atomic E-state index is 0.126. The number of guanidine groups is 1. The standard InChI is InChI=1S/C16H27N5O4S/c1-2-17-16(18-11-14-3-9-24-12-14)20-5-7-21(8-6-20)26(22,23)13-15-4-10-25-19-15/h4,10,14H,2-3,5-9,11-13H2,1H3,(H,17,18). The lowest BCUT2D eigenvalue weighted by Crippen LogP contribution is -2.54. The Labute approximate surface area is 154 Å². The fraction of sp³-hybridized carbons (Fsp3) is 0.750. The summed E-state index contributed by atoms with van der Waals surface area (Å²) >= 11 is 0. The van der Waals surface area contributed by atoms with Crippen molar-refractivity contribution in [2.24, 2.45) is 10.9 Å². The number of hydrogen-bond acceptors (Lipinski definition) is 6. The number of piperazine rings is 1. The second kappa shape index (κ2) is 8.83. The largest absolute Gasteiger partial charge is 0.381 e. The third-order valence-corrected chi connectivity index (χ3v) is 6.42. The molecule has 1 N–H and O–H groups in total. The van der Waals surface area contributed by atoms with Crippen molar-refractivity contribution in [3.8, 4) is 0 Å². The van der Waals surface area contributed by atoms with Gasteiger partial charge in [-0.1, -0.05) is 5.16 Å². The average Bonchev–Trinajstić information content (AvgIpc) is 3.32. The number of aliphatic imine (C=N–C) groups is 1. The van der Waals surface area contributed by atoms with Crippen LogP contribution in [0.1, 0.15) is 19.0 Å². The van der Waals surface area contributed by atoms with Gasteiger partial charge in [0, 0.05) is 57.9 Å². The summed E-state index contributed by atoms with van der Waals surface area (Å²) in [5, 5.41) is 7.01. The topological polar surface area (TPSA) is 100 Å². The average molecular weight is 385 g/mol. The Bertz CT molecular complexity index is 678. The molecule has 3 heterocycles. The fourth-order valence-electron chi connectivity index (χ4n) is 3.14. The zero-order valence-electron chi connectivity index (χ0n) is 15.1. The highest BCUT2D eigenvalue weighted by Gasteiger charge is 2.29. The van der Waals surface area contributed by atoms with Crippen LogP contribution in [0.15, 0.2) is 21.8 Å². The number of ether oxygens (including phenoxy) is 1. The first kappa shape index (κ1) is 19.1. The van der Waals surface area contributed by atoms with Gasteiger partial charge in [-0.05, 0) is 13.3 Å². The number of aromatic nitrogens is 1. The Hall–Kier alpha value is -1.65. The Kier molecular flexibility index (Phi) is 6.49. The summed E-state index contributed by atoms with van der Waals surface area (Å²) in [4.78, 5) is 6.85. The molecule has 2 fully saturated rings. The summed E-state index contributed by atoms with van der Waals surface area (Å²) in [6.45, 7) is 7.27. The van der Waals surface area contributed by atoms with E-state index < -0.39 is 10.0 Å². The van der Waals surface area contributed by atoms with Crippen LogP contribution in [0.5, 0.6) is 0 Å². The van der Waals surface area contributed by atoms with Crippen LogP contribution >= 0.6 is 0 Å². The van der Waals surface area contributed by atoms with E-state index in [4.69, 9.17) is 14.3 Å². The van der Waals surface area contributed by atoms with E-state index in [2.05, 4.69) is 15.4 Å². The molecular formula is C16H27N5O4S. The molecule has 0 aliphatic carbocycles. The lowest BCUT2D eigenvalue weighted by atomic mass is 10.1. The summed E-state index contributed by atoms with van der Waals surface area (Å²) in [6.07, 6.45) is 2.44. The van der Waals surface area contributed by atoms with E-state index in [1.54, 1.807) is 6.07 Å². The molecule has 1 aromatic heterocycles. The van der Waals surface area contributed by atoms with Gasteiger partial charge in [-0.15, -0.1) is 0 Å². The highest BCUT2D eigenvalue weighted by molar-refractivity contribution is 7.88. The highest BCUT2D eigenvalue weighted by Crippen LogP contribution is 2.14. The Morgan fingerprint density at radius 3 is 2.81 bits per heavy atom. The van der Waals surface area contributed by atoms with Crippen molar-refractivity contribution in [2.45, 2.75) is 19.1 Å². The smallest absolute Gasteiger partial charge is 0.220 e. The van der Waals surface area contributed by atoms with Gasteiger partial charge in [0.05, 0.1) is 12.3 Å². The Morgan fingerprint density at radius 2 is 2.19 bits per heavy atom. The molecule has 1 aromatic rings. The van der Waals surface area contributed by atoms with Crippen molar-refractivity contribution in [3.05, 3.63) is 18.0 Å². The van der Waals surface area contributed by atoms with E-state index in [0.29, 0.717) is 37.8 Å². The molecule has 146 valence electrons. The first-order valence-electron chi connectivity index (χ1n) is 9.06. The molecule has 1 atom stereocenters. The van der Waals surface area contributed by atoms with E-state index in [0.717, 1.165) is 38.7 Å². The van der Waals surface area contributed by atoms with Gasteiger partial charge in [-0.2, -0.15) is 4.31 Å². The molecule has 26 heavy (non-hydrogen) atoms. The summed E-state index contributed by atoms with van der Waals surface area (Å²) in [5.41, 5.74) is 0.432. The molecule has 9 nitrogen and oxygen atoms in total. The van der Waals surface area contributed by atoms with Gasteiger partial charge in [0.25, 0.3) is 0 Å². The van der Waals surface area contributed by atoms with Crippen LogP contribution in [0.25, 0.3) is 0 Å². The molecule has 2 aliphatic heterocycles. The van der Waals surface area contributed by atoms with Crippen LogP contribution in [0, 0.1) is 5.92 Å². The highest BCUT2D eigenvalue weighted by atomic mass is 32.2. The number of nitrogens with one attached hydrogen (secondary N) is 1. The van der Waals surface area contributed by atoms with E-state index in [-0.39, 0.29) is 5.75 Å². The van der Waals surface area contributed by atoms with E-state index >= 15 is 0 Å². The molecule has 10 heteroatoms. The van der Waals surface area contributed by atoms with Crippen LogP contribution in [0.4, 0.5) is 0 Å². The second-order valence-electron chi connectivity index (χ2n) is 6.56. The van der Waals surface area contributed by atoms with Crippen molar-refractivity contribution < 1.29 is 17.7 Å². The van der Waals surface area contributed by atoms with Crippen LogP contribution < -0.4 is 5.32 Å². The number of nitrogens with zero attached hydrogens (tertiary/aromatic N) is 4. The zero-order chi connectivity index (χ0) is 18.4. The maximum absolute atomic E-state index is 12.5. The van der Waals surface area contributed by atoms with Gasteiger partial charge in [0.2, 0.25) is 10.0 Å². The summed E-state index contributed by atoms with van der Waals surface area (Å²) < 4.78 is 36.7. The minimum atomic E-state index is -3.39. The number of rotatable bonds is 6. The maximum Gasteiger partial charge on any atom is 0.220 e. The van der Waals surface area contributed by atoms with E-state index in [1.165, 1.54) is 10.6 Å². The number of hydrogen-bond donors (Lipinski definition) is 1. The van der Waals surface area contributed by atoms with Crippen LogP contribution in [0.3, 0.4) is 0 Å². The van der Waals surface area contributed by atoms with Crippen molar-refractivity contribution in [2.75, 3.05) is 52.5 Å². The van der Waals surface area contributed by atoms with Crippen LogP contribution in [0.2, 0.25) is 0 Å². The van der Waals surface area contributed by atoms with Gasteiger partial charge < -0.3 is 19.5 Å². The molecule has 0 saturated carbocycles. The molecule has 2 aliphatic rings. The van der Waals surface area contributed by atoms with E-state index in [9.17, 15) is 8.42 Å². The monoisotopic (exact) mass is 385 g/mol. The molecule has 0 aromatic carbocycles. The van der Waals surface area contributed by atoms with Crippen molar-refractivity contribution >= 4 is 16.0 Å². The predicted octanol–water partition coefficient (Wildman–Crippen LogP) is 0.124. The van der Waals surface area contributed by atoms with Crippen molar-refractivity contribution in [1.29, 1.82) is 0 Å². The molecule has 0 radical (unpaired) electrons. The van der Waals surface area contributed by atoms with Gasteiger partial charge in [-0.25, -0.2) is 8.42 Å². The van der Waals surface area contributed by atoms with Crippen molar-refractivity contribution in [3.63, 3.8) is 0 Å². The maximum atomic E-state index is 12.5. The van der Waals surface area contributed by atoms with Crippen LogP contribution in [-0.2, 0) is 20.5 Å². The molecule has 0 bridgehead atoms. The minimum Gasteiger partial charge on any atom is -0.381 e. The van der Waals surface area contributed by atoms with Gasteiger partial charge in [0.1, 0.15) is 12.0 Å². The first-order valence-corrected chi connectivity index (χ1v) is 10.7. The zero-order valence-corrected chi connectivity index (χ0v) is 15.9. The predicted molar refractivity (Wildman–Crippen MR) is 97.2 cm³/mol. The van der Waals surface area contributed by atoms with Crippen LogP contribution in [-0.4, -0.2) is 81.2 Å². The molecule has 3 rings (SSSR count). The summed E-state index contributed by atoms with van der Waals surface area (Å²) in [6, 6.07) is 1.58. The van der Waals surface area contributed by atoms with Gasteiger partial charge >= 0.3 is 0 Å². The molecule has 1 unspecified atom stereocenters. The summed E-state index contributed by atoms with van der Waals surface area (Å²) in [7, 11) is -3.39. The molecule has 0 amide bonds. The Morgan fingerprint density at radius 1 is 1.38 bits per heavy atom. The van der Waals surface area contributed by atoms with Gasteiger partial charge in [0.15, 0.2) is 5.96 Å². The molecule has 0 spiro atoms. The first-order chi connectivity index (χ1) is 12.6. The third-order valence-electron chi connectivity index (χ3n) is 4.61. The Balaban J connectivity index is 1.55. The number of sulfonamides is 1.